The van der Waals surface area contributed by atoms with Gasteiger partial charge in [-0.1, -0.05) is 72.3 Å². The Hall–Kier alpha value is -2.80. The van der Waals surface area contributed by atoms with E-state index in [0.717, 1.165) is 27.8 Å². The average Bonchev–Trinajstić information content (AvgIpc) is 3.00. The molecule has 1 aliphatic rings. The van der Waals surface area contributed by atoms with Crippen molar-refractivity contribution in [3.63, 3.8) is 0 Å². The number of carboxylic acid groups (broad SMARTS) is 1. The first-order chi connectivity index (χ1) is 16.9. The monoisotopic (exact) mass is 507 g/mol. The topological polar surface area (TPSA) is 62.2 Å². The Labute approximate surface area is 235 Å². The number of halogens is 2. The first-order valence-electron chi connectivity index (χ1n) is 11.1. The standard InChI is InChI=1S/C29H21ClFNO3.Na/c1-17(29(33)34)35-28-23-5-3-2-4-19(23)9-10-20-8-6-18(14-24(20)28)7-12-22-13-11-21-15-26(31)25(30)16-27(21)32-22;/h2-17,28H,1H3,(H,33,34);/q;+1/p-1/t17-,28?;/m1./s1. The third kappa shape index (κ3) is 5.46. The Morgan fingerprint density at radius 2 is 1.78 bits per heavy atom. The summed E-state index contributed by atoms with van der Waals surface area (Å²) in [5, 5.41) is 12.1. The van der Waals surface area contributed by atoms with Crippen LogP contribution in [-0.4, -0.2) is 17.1 Å². The minimum Gasteiger partial charge on any atom is -0.547 e. The van der Waals surface area contributed by atoms with Crippen LogP contribution in [0.2, 0.25) is 5.02 Å². The van der Waals surface area contributed by atoms with Gasteiger partial charge in [-0.3, -0.25) is 0 Å². The van der Waals surface area contributed by atoms with Gasteiger partial charge in [-0.15, -0.1) is 0 Å². The number of hydrogen-bond acceptors (Lipinski definition) is 4. The minimum absolute atomic E-state index is 0. The fraction of sp³-hybridized carbons (Fsp3) is 0.103. The number of nitrogens with zero attached hydrogens (tertiary/aromatic N) is 1. The van der Waals surface area contributed by atoms with E-state index in [-0.39, 0.29) is 34.6 Å². The van der Waals surface area contributed by atoms with Crippen LogP contribution >= 0.6 is 11.6 Å². The Morgan fingerprint density at radius 3 is 2.56 bits per heavy atom. The average molecular weight is 508 g/mol. The van der Waals surface area contributed by atoms with Gasteiger partial charge in [0.25, 0.3) is 0 Å². The van der Waals surface area contributed by atoms with E-state index in [9.17, 15) is 14.3 Å². The summed E-state index contributed by atoms with van der Waals surface area (Å²) in [6, 6.07) is 20.2. The second-order valence-electron chi connectivity index (χ2n) is 8.36. The summed E-state index contributed by atoms with van der Waals surface area (Å²) in [5.41, 5.74) is 5.84. The molecule has 0 bridgehead atoms. The molecular weight excluding hydrogens is 488 g/mol. The maximum absolute atomic E-state index is 13.7. The molecule has 0 N–H and O–H groups in total. The van der Waals surface area contributed by atoms with Gasteiger partial charge in [0.2, 0.25) is 0 Å². The summed E-state index contributed by atoms with van der Waals surface area (Å²) in [5.74, 6) is -1.74. The van der Waals surface area contributed by atoms with Crippen LogP contribution in [0.25, 0.3) is 35.2 Å². The summed E-state index contributed by atoms with van der Waals surface area (Å²) >= 11 is 5.91. The molecule has 0 aliphatic heterocycles. The van der Waals surface area contributed by atoms with Crippen LogP contribution in [0.4, 0.5) is 4.39 Å². The molecule has 0 amide bonds. The largest absolute Gasteiger partial charge is 1.00 e. The quantitative estimate of drug-likeness (QED) is 0.390. The molecule has 1 heterocycles. The first kappa shape index (κ1) is 26.3. The van der Waals surface area contributed by atoms with Crippen LogP contribution in [0.15, 0.2) is 66.7 Å². The number of carboxylic acids is 1. The number of ether oxygens (including phenoxy) is 1. The molecule has 4 aromatic rings. The van der Waals surface area contributed by atoms with Crippen molar-refractivity contribution in [2.45, 2.75) is 19.1 Å². The number of hydrogen-bond donors (Lipinski definition) is 0. The van der Waals surface area contributed by atoms with Crippen molar-refractivity contribution in [2.24, 2.45) is 0 Å². The van der Waals surface area contributed by atoms with E-state index in [1.54, 1.807) is 6.07 Å². The third-order valence-corrected chi connectivity index (χ3v) is 6.28. The zero-order valence-electron chi connectivity index (χ0n) is 19.7. The van der Waals surface area contributed by atoms with Crippen LogP contribution in [0.3, 0.4) is 0 Å². The molecule has 0 spiro atoms. The fourth-order valence-electron chi connectivity index (χ4n) is 4.14. The molecular formula is C29H20ClFNNaO3. The molecule has 1 aliphatic carbocycles. The van der Waals surface area contributed by atoms with Crippen molar-refractivity contribution in [1.29, 1.82) is 0 Å². The zero-order valence-corrected chi connectivity index (χ0v) is 22.5. The van der Waals surface area contributed by atoms with Gasteiger partial charge in [-0.2, -0.15) is 0 Å². The molecule has 0 saturated carbocycles. The predicted molar refractivity (Wildman–Crippen MR) is 135 cm³/mol. The number of rotatable bonds is 5. The van der Waals surface area contributed by atoms with E-state index in [1.807, 2.05) is 72.8 Å². The molecule has 0 saturated heterocycles. The second kappa shape index (κ2) is 11.1. The van der Waals surface area contributed by atoms with Crippen LogP contribution in [-0.2, 0) is 9.53 Å². The molecule has 36 heavy (non-hydrogen) atoms. The number of benzene rings is 3. The van der Waals surface area contributed by atoms with Gasteiger partial charge in [0.15, 0.2) is 0 Å². The Kier molecular flexibility index (Phi) is 8.08. The van der Waals surface area contributed by atoms with Crippen molar-refractivity contribution in [3.05, 3.63) is 111 Å². The Bertz CT molecular complexity index is 1520. The fourth-order valence-corrected chi connectivity index (χ4v) is 4.30. The van der Waals surface area contributed by atoms with E-state index >= 15 is 0 Å². The number of aliphatic carboxylic acids is 1. The molecule has 2 atom stereocenters. The maximum Gasteiger partial charge on any atom is 1.00 e. The Morgan fingerprint density at radius 1 is 1.03 bits per heavy atom. The van der Waals surface area contributed by atoms with E-state index < -0.39 is 24.0 Å². The van der Waals surface area contributed by atoms with E-state index in [4.69, 9.17) is 16.3 Å². The third-order valence-electron chi connectivity index (χ3n) is 5.99. The summed E-state index contributed by atoms with van der Waals surface area (Å²) in [6.07, 6.45) is 6.12. The molecule has 4 nitrogen and oxygen atoms in total. The zero-order chi connectivity index (χ0) is 24.5. The smallest absolute Gasteiger partial charge is 0.547 e. The predicted octanol–water partition coefficient (Wildman–Crippen LogP) is 2.93. The summed E-state index contributed by atoms with van der Waals surface area (Å²) in [4.78, 5) is 16.0. The van der Waals surface area contributed by atoms with Gasteiger partial charge < -0.3 is 14.6 Å². The van der Waals surface area contributed by atoms with E-state index in [2.05, 4.69) is 4.98 Å². The number of pyridine rings is 1. The molecule has 3 aromatic carbocycles. The first-order valence-corrected chi connectivity index (χ1v) is 11.5. The van der Waals surface area contributed by atoms with Gasteiger partial charge in [0.1, 0.15) is 11.9 Å². The molecule has 7 heteroatoms. The summed E-state index contributed by atoms with van der Waals surface area (Å²) < 4.78 is 19.7. The van der Waals surface area contributed by atoms with Crippen molar-refractivity contribution in [2.75, 3.05) is 0 Å². The number of fused-ring (bicyclic) bond motifs is 3. The van der Waals surface area contributed by atoms with Crippen molar-refractivity contribution in [1.82, 2.24) is 4.98 Å². The van der Waals surface area contributed by atoms with E-state index in [0.29, 0.717) is 16.6 Å². The SMILES string of the molecule is C[C@@H](OC1c2ccccc2C=Cc2ccc(C=Cc3ccc4cc(F)c(Cl)cc4n3)cc21)C(=O)[O-].[Na+]. The van der Waals surface area contributed by atoms with Crippen LogP contribution in [0.1, 0.15) is 46.5 Å². The normalized spacial score (nSPS) is 15.1. The van der Waals surface area contributed by atoms with Crippen molar-refractivity contribution < 1.29 is 48.6 Å². The maximum atomic E-state index is 13.7. The minimum atomic E-state index is -1.26. The van der Waals surface area contributed by atoms with Gasteiger partial charge in [-0.05, 0) is 65.1 Å². The second-order valence-corrected chi connectivity index (χ2v) is 8.76. The van der Waals surface area contributed by atoms with Crippen LogP contribution < -0.4 is 34.7 Å². The molecule has 5 rings (SSSR count). The van der Waals surface area contributed by atoms with E-state index in [1.165, 1.54) is 19.1 Å². The molecule has 0 fully saturated rings. The molecule has 0 radical (unpaired) electrons. The number of carbonyl (C=O) groups is 1. The molecule has 174 valence electrons. The van der Waals surface area contributed by atoms with Gasteiger partial charge in [-0.25, -0.2) is 9.37 Å². The van der Waals surface area contributed by atoms with Crippen molar-refractivity contribution >= 4 is 52.8 Å². The number of carbonyl (C=O) groups excluding carboxylic acids is 1. The van der Waals surface area contributed by atoms with Gasteiger partial charge >= 0.3 is 29.6 Å². The summed E-state index contributed by atoms with van der Waals surface area (Å²) in [6.45, 7) is 1.48. The molecule has 1 unspecified atom stereocenters. The number of aromatic nitrogens is 1. The van der Waals surface area contributed by atoms with Crippen LogP contribution in [0, 0.1) is 5.82 Å². The van der Waals surface area contributed by atoms with Crippen LogP contribution in [0.5, 0.6) is 0 Å². The van der Waals surface area contributed by atoms with Gasteiger partial charge in [0.05, 0.1) is 28.3 Å². The van der Waals surface area contributed by atoms with Crippen molar-refractivity contribution in [3.8, 4) is 0 Å². The molecule has 1 aromatic heterocycles. The van der Waals surface area contributed by atoms with Gasteiger partial charge in [0, 0.05) is 5.39 Å². The summed E-state index contributed by atoms with van der Waals surface area (Å²) in [7, 11) is 0. The Balaban J connectivity index is 0.00000304.